The first-order valence-electron chi connectivity index (χ1n) is 3.50. The Labute approximate surface area is 79.5 Å². The van der Waals surface area contributed by atoms with Crippen LogP contribution in [-0.2, 0) is 4.79 Å². The minimum absolute atomic E-state index is 0.145. The Kier molecular flexibility index (Phi) is 3.34. The lowest BCUT2D eigenvalue weighted by atomic mass is 10.3. The standard InChI is InChI=1S/C7H8N4OS/c1-13-4-6(12)10-7-5(2-8)3-9-11-7/h3H,4H2,1H3,(H2,9,10,11,12). The number of nitrogens with zero attached hydrogens (tertiary/aromatic N) is 2. The molecule has 0 bridgehead atoms. The molecule has 0 atom stereocenters. The van der Waals surface area contributed by atoms with Crippen LogP contribution in [0.4, 0.5) is 5.82 Å². The number of thioether (sulfide) groups is 1. The van der Waals surface area contributed by atoms with Crippen LogP contribution in [0.25, 0.3) is 0 Å². The smallest absolute Gasteiger partial charge is 0.235 e. The fourth-order valence-corrected chi connectivity index (χ4v) is 1.11. The van der Waals surface area contributed by atoms with E-state index in [9.17, 15) is 4.79 Å². The van der Waals surface area contributed by atoms with E-state index in [1.165, 1.54) is 18.0 Å². The number of carbonyl (C=O) groups is 1. The van der Waals surface area contributed by atoms with Gasteiger partial charge in [0.2, 0.25) is 5.91 Å². The quantitative estimate of drug-likeness (QED) is 0.741. The van der Waals surface area contributed by atoms with Gasteiger partial charge < -0.3 is 5.32 Å². The molecule has 0 fully saturated rings. The molecule has 0 unspecified atom stereocenters. The first-order valence-corrected chi connectivity index (χ1v) is 4.89. The molecule has 0 saturated heterocycles. The zero-order valence-electron chi connectivity index (χ0n) is 7.00. The lowest BCUT2D eigenvalue weighted by Gasteiger charge is -1.99. The molecule has 1 aromatic heterocycles. The van der Waals surface area contributed by atoms with E-state index >= 15 is 0 Å². The summed E-state index contributed by atoms with van der Waals surface area (Å²) in [4.78, 5) is 11.1. The van der Waals surface area contributed by atoms with Crippen LogP contribution in [0, 0.1) is 11.3 Å². The van der Waals surface area contributed by atoms with Crippen LogP contribution >= 0.6 is 11.8 Å². The van der Waals surface area contributed by atoms with E-state index in [-0.39, 0.29) is 5.91 Å². The summed E-state index contributed by atoms with van der Waals surface area (Å²) in [6.07, 6.45) is 3.20. The predicted molar refractivity (Wildman–Crippen MR) is 50.3 cm³/mol. The van der Waals surface area contributed by atoms with Gasteiger partial charge in [0.1, 0.15) is 17.5 Å². The number of aromatic amines is 1. The number of amides is 1. The number of aromatic nitrogens is 2. The maximum Gasteiger partial charge on any atom is 0.235 e. The van der Waals surface area contributed by atoms with E-state index in [1.54, 1.807) is 0 Å². The molecule has 0 aliphatic rings. The first-order chi connectivity index (χ1) is 6.27. The molecule has 0 aliphatic carbocycles. The Bertz CT molecular complexity index is 341. The monoisotopic (exact) mass is 196 g/mol. The third-order valence-corrected chi connectivity index (χ3v) is 1.85. The van der Waals surface area contributed by atoms with Gasteiger partial charge in [-0.15, -0.1) is 0 Å². The molecule has 1 aromatic rings. The van der Waals surface area contributed by atoms with Crippen molar-refractivity contribution in [2.24, 2.45) is 0 Å². The number of hydrogen-bond donors (Lipinski definition) is 2. The van der Waals surface area contributed by atoms with Crippen LogP contribution in [0.2, 0.25) is 0 Å². The molecule has 13 heavy (non-hydrogen) atoms. The highest BCUT2D eigenvalue weighted by molar-refractivity contribution is 7.99. The summed E-state index contributed by atoms with van der Waals surface area (Å²) in [6.45, 7) is 0. The summed E-state index contributed by atoms with van der Waals surface area (Å²) >= 11 is 1.42. The van der Waals surface area contributed by atoms with E-state index in [0.717, 1.165) is 0 Å². The molecule has 0 aliphatic heterocycles. The largest absolute Gasteiger partial charge is 0.309 e. The molecule has 0 spiro atoms. The molecule has 6 heteroatoms. The van der Waals surface area contributed by atoms with E-state index in [2.05, 4.69) is 15.5 Å². The molecule has 0 radical (unpaired) electrons. The second-order valence-corrected chi connectivity index (χ2v) is 3.12. The van der Waals surface area contributed by atoms with Gasteiger partial charge in [-0.2, -0.15) is 22.1 Å². The van der Waals surface area contributed by atoms with E-state index in [0.29, 0.717) is 17.1 Å². The highest BCUT2D eigenvalue weighted by Gasteiger charge is 2.07. The summed E-state index contributed by atoms with van der Waals surface area (Å²) in [5.74, 6) is 0.582. The number of nitrogens with one attached hydrogen (secondary N) is 2. The van der Waals surface area contributed by atoms with Crippen LogP contribution in [-0.4, -0.2) is 28.1 Å². The Hall–Kier alpha value is -1.48. The van der Waals surface area contributed by atoms with Crippen molar-refractivity contribution >= 4 is 23.5 Å². The molecule has 1 heterocycles. The van der Waals surface area contributed by atoms with Gasteiger partial charge in [-0.05, 0) is 6.26 Å². The van der Waals surface area contributed by atoms with E-state index < -0.39 is 0 Å². The van der Waals surface area contributed by atoms with Crippen LogP contribution in [0.3, 0.4) is 0 Å². The second kappa shape index (κ2) is 4.52. The van der Waals surface area contributed by atoms with Gasteiger partial charge in [0, 0.05) is 0 Å². The lowest BCUT2D eigenvalue weighted by Crippen LogP contribution is -2.14. The summed E-state index contributed by atoms with van der Waals surface area (Å²) in [5.41, 5.74) is 0.342. The second-order valence-electron chi connectivity index (χ2n) is 2.25. The number of rotatable bonds is 3. The van der Waals surface area contributed by atoms with Gasteiger partial charge in [0.25, 0.3) is 0 Å². The third kappa shape index (κ3) is 2.49. The maximum atomic E-state index is 11.1. The summed E-state index contributed by atoms with van der Waals surface area (Å²) in [7, 11) is 0. The average Bonchev–Trinajstić information content (AvgIpc) is 2.52. The topological polar surface area (TPSA) is 81.6 Å². The average molecular weight is 196 g/mol. The molecule has 0 saturated carbocycles. The molecular weight excluding hydrogens is 188 g/mol. The zero-order valence-corrected chi connectivity index (χ0v) is 7.81. The van der Waals surface area contributed by atoms with Crippen molar-refractivity contribution < 1.29 is 4.79 Å². The fraction of sp³-hybridized carbons (Fsp3) is 0.286. The first kappa shape index (κ1) is 9.61. The van der Waals surface area contributed by atoms with Gasteiger partial charge in [0.05, 0.1) is 11.9 Å². The van der Waals surface area contributed by atoms with Crippen LogP contribution in [0.5, 0.6) is 0 Å². The Balaban J connectivity index is 2.64. The summed E-state index contributed by atoms with van der Waals surface area (Å²) in [6, 6.07) is 1.91. The van der Waals surface area contributed by atoms with Gasteiger partial charge in [0.15, 0.2) is 0 Å². The molecule has 2 N–H and O–H groups in total. The van der Waals surface area contributed by atoms with Crippen molar-refractivity contribution in [2.75, 3.05) is 17.3 Å². The van der Waals surface area contributed by atoms with Gasteiger partial charge >= 0.3 is 0 Å². The molecule has 0 aromatic carbocycles. The molecular formula is C7H8N4OS. The lowest BCUT2D eigenvalue weighted by molar-refractivity contribution is -0.113. The summed E-state index contributed by atoms with van der Waals surface area (Å²) in [5, 5.41) is 17.3. The third-order valence-electron chi connectivity index (χ3n) is 1.30. The van der Waals surface area contributed by atoms with E-state index in [1.807, 2.05) is 12.3 Å². The van der Waals surface area contributed by atoms with Crippen molar-refractivity contribution in [3.8, 4) is 6.07 Å². The number of carbonyl (C=O) groups excluding carboxylic acids is 1. The number of anilines is 1. The molecule has 1 amide bonds. The van der Waals surface area contributed by atoms with Gasteiger partial charge in [-0.25, -0.2) is 0 Å². The normalized spacial score (nSPS) is 9.23. The Morgan fingerprint density at radius 3 is 3.31 bits per heavy atom. The molecule has 1 rings (SSSR count). The van der Waals surface area contributed by atoms with Crippen molar-refractivity contribution in [2.45, 2.75) is 0 Å². The van der Waals surface area contributed by atoms with Crippen LogP contribution in [0.1, 0.15) is 5.56 Å². The molecule has 5 nitrogen and oxygen atoms in total. The maximum absolute atomic E-state index is 11.1. The predicted octanol–water partition coefficient (Wildman–Crippen LogP) is 0.583. The minimum Gasteiger partial charge on any atom is -0.309 e. The van der Waals surface area contributed by atoms with Gasteiger partial charge in [-0.3, -0.25) is 9.89 Å². The van der Waals surface area contributed by atoms with Gasteiger partial charge in [-0.1, -0.05) is 0 Å². The van der Waals surface area contributed by atoms with E-state index in [4.69, 9.17) is 5.26 Å². The van der Waals surface area contributed by atoms with Crippen molar-refractivity contribution in [1.29, 1.82) is 5.26 Å². The highest BCUT2D eigenvalue weighted by Crippen LogP contribution is 2.08. The Morgan fingerprint density at radius 1 is 1.92 bits per heavy atom. The zero-order chi connectivity index (χ0) is 9.68. The number of H-pyrrole nitrogens is 1. The summed E-state index contributed by atoms with van der Waals surface area (Å²) < 4.78 is 0. The highest BCUT2D eigenvalue weighted by atomic mass is 32.2. The van der Waals surface area contributed by atoms with Crippen molar-refractivity contribution in [3.05, 3.63) is 11.8 Å². The van der Waals surface area contributed by atoms with Crippen LogP contribution < -0.4 is 5.32 Å². The fourth-order valence-electron chi connectivity index (χ4n) is 0.773. The molecule has 68 valence electrons. The van der Waals surface area contributed by atoms with Crippen molar-refractivity contribution in [3.63, 3.8) is 0 Å². The minimum atomic E-state index is -0.145. The number of nitriles is 1. The Morgan fingerprint density at radius 2 is 2.69 bits per heavy atom. The SMILES string of the molecule is CSCC(=O)Nc1[nH]ncc1C#N. The number of hydrogen-bond acceptors (Lipinski definition) is 4. The van der Waals surface area contributed by atoms with Crippen molar-refractivity contribution in [1.82, 2.24) is 10.2 Å². The van der Waals surface area contributed by atoms with Crippen LogP contribution in [0.15, 0.2) is 6.20 Å².